The number of methoxy groups -OCH3 is 2. The molecule has 0 saturated heterocycles. The molecule has 10 nitrogen and oxygen atoms in total. The summed E-state index contributed by atoms with van der Waals surface area (Å²) in [7, 11) is 2.79. The van der Waals surface area contributed by atoms with Gasteiger partial charge in [0.2, 0.25) is 0 Å². The second-order valence-electron chi connectivity index (χ2n) is 6.13. The average Bonchev–Trinajstić information content (AvgIpc) is 2.76. The lowest BCUT2D eigenvalue weighted by molar-refractivity contribution is -0.123. The molecule has 2 N–H and O–H groups in total. The summed E-state index contributed by atoms with van der Waals surface area (Å²) < 4.78 is 25.9. The zero-order valence-corrected chi connectivity index (χ0v) is 17.4. The number of rotatable bonds is 6. The number of esters is 1. The fourth-order valence-electron chi connectivity index (χ4n) is 2.70. The number of benzene rings is 2. The lowest BCUT2D eigenvalue weighted by Gasteiger charge is -2.19. The number of hydrogen-bond acceptors (Lipinski definition) is 8. The number of fused-ring (bicyclic) bond motifs is 1. The van der Waals surface area contributed by atoms with Gasteiger partial charge in [0.1, 0.15) is 13.2 Å². The van der Waals surface area contributed by atoms with Crippen molar-refractivity contribution in [1.82, 2.24) is 5.32 Å². The van der Waals surface area contributed by atoms with E-state index in [2.05, 4.69) is 10.6 Å². The molecule has 3 rings (SSSR count). The summed E-state index contributed by atoms with van der Waals surface area (Å²) >= 11 is 6.05. The van der Waals surface area contributed by atoms with Crippen molar-refractivity contribution in [2.45, 2.75) is 0 Å². The molecule has 0 spiro atoms. The molecule has 0 aromatic heterocycles. The summed E-state index contributed by atoms with van der Waals surface area (Å²) in [5.74, 6) is -0.118. The van der Waals surface area contributed by atoms with Crippen LogP contribution in [0.25, 0.3) is 0 Å². The van der Waals surface area contributed by atoms with Crippen LogP contribution in [0.1, 0.15) is 10.4 Å². The Labute approximate surface area is 182 Å². The molecule has 31 heavy (non-hydrogen) atoms. The summed E-state index contributed by atoms with van der Waals surface area (Å²) in [6.07, 6.45) is 0. The van der Waals surface area contributed by atoms with Crippen LogP contribution in [0.5, 0.6) is 23.0 Å². The van der Waals surface area contributed by atoms with Gasteiger partial charge < -0.3 is 29.0 Å². The molecular weight excluding hydrogens is 432 g/mol. The van der Waals surface area contributed by atoms with E-state index in [1.54, 1.807) is 18.2 Å². The summed E-state index contributed by atoms with van der Waals surface area (Å²) in [5, 5.41) is 4.68. The van der Waals surface area contributed by atoms with E-state index in [1.165, 1.54) is 26.4 Å². The molecule has 1 heterocycles. The molecule has 1 aliphatic rings. The Morgan fingerprint density at radius 1 is 1.03 bits per heavy atom. The fraction of sp³-hybridized carbons (Fsp3) is 0.250. The minimum atomic E-state index is -0.828. The number of amides is 3. The van der Waals surface area contributed by atoms with Crippen LogP contribution < -0.4 is 29.6 Å². The fourth-order valence-corrected chi connectivity index (χ4v) is 2.98. The van der Waals surface area contributed by atoms with E-state index in [0.717, 1.165) is 0 Å². The van der Waals surface area contributed by atoms with Gasteiger partial charge in [-0.25, -0.2) is 9.59 Å². The molecule has 11 heteroatoms. The third-order valence-corrected chi connectivity index (χ3v) is 4.34. The van der Waals surface area contributed by atoms with E-state index in [9.17, 15) is 14.4 Å². The normalized spacial score (nSPS) is 11.8. The largest absolute Gasteiger partial charge is 0.493 e. The van der Waals surface area contributed by atoms with Crippen molar-refractivity contribution in [2.24, 2.45) is 0 Å². The van der Waals surface area contributed by atoms with Crippen molar-refractivity contribution in [3.8, 4) is 23.0 Å². The number of halogens is 1. The molecule has 2 aromatic rings. The van der Waals surface area contributed by atoms with Crippen molar-refractivity contribution in [1.29, 1.82) is 0 Å². The molecule has 164 valence electrons. The zero-order chi connectivity index (χ0) is 22.4. The van der Waals surface area contributed by atoms with Crippen molar-refractivity contribution < 1.29 is 38.1 Å². The first-order valence-corrected chi connectivity index (χ1v) is 9.38. The van der Waals surface area contributed by atoms with Crippen LogP contribution >= 0.6 is 11.6 Å². The van der Waals surface area contributed by atoms with E-state index in [1.807, 2.05) is 0 Å². The van der Waals surface area contributed by atoms with Crippen molar-refractivity contribution >= 4 is 35.2 Å². The van der Waals surface area contributed by atoms with Crippen LogP contribution in [-0.2, 0) is 9.53 Å². The van der Waals surface area contributed by atoms with Gasteiger partial charge in [-0.15, -0.1) is 0 Å². The number of hydrogen-bond donors (Lipinski definition) is 2. The molecule has 1 aliphatic heterocycles. The van der Waals surface area contributed by atoms with Gasteiger partial charge in [0, 0.05) is 11.8 Å². The van der Waals surface area contributed by atoms with Gasteiger partial charge in [-0.05, 0) is 24.3 Å². The lowest BCUT2D eigenvalue weighted by Crippen LogP contribution is -2.37. The number of imide groups is 1. The standard InChI is InChI=1S/C20H19ClN2O8/c1-27-16-8-11(7-13(21)18(16)28-2)19(25)31-10-17(24)23-20(26)22-12-3-4-14-15(9-12)30-6-5-29-14/h3-4,7-9H,5-6,10H2,1-2H3,(H2,22,23,24,26). The number of ether oxygens (including phenoxy) is 5. The Hall–Kier alpha value is -3.66. The second kappa shape index (κ2) is 9.90. The molecule has 3 amide bonds. The Morgan fingerprint density at radius 3 is 2.48 bits per heavy atom. The third kappa shape index (κ3) is 5.48. The maximum Gasteiger partial charge on any atom is 0.338 e. The van der Waals surface area contributed by atoms with Gasteiger partial charge in [0.15, 0.2) is 29.6 Å². The average molecular weight is 451 g/mol. The van der Waals surface area contributed by atoms with Gasteiger partial charge >= 0.3 is 12.0 Å². The molecular formula is C20H19ClN2O8. The summed E-state index contributed by atoms with van der Waals surface area (Å²) in [6.45, 7) is 0.167. The summed E-state index contributed by atoms with van der Waals surface area (Å²) in [6, 6.07) is 6.68. The number of nitrogens with one attached hydrogen (secondary N) is 2. The van der Waals surface area contributed by atoms with Crippen LogP contribution in [0.2, 0.25) is 5.02 Å². The Balaban J connectivity index is 1.52. The van der Waals surface area contributed by atoms with E-state index < -0.39 is 24.5 Å². The van der Waals surface area contributed by atoms with Crippen molar-refractivity contribution in [3.05, 3.63) is 40.9 Å². The maximum atomic E-state index is 12.2. The van der Waals surface area contributed by atoms with E-state index in [-0.39, 0.29) is 22.1 Å². The number of carbonyl (C=O) groups excluding carboxylic acids is 3. The zero-order valence-electron chi connectivity index (χ0n) is 16.7. The Morgan fingerprint density at radius 2 is 1.77 bits per heavy atom. The number of urea groups is 1. The molecule has 0 atom stereocenters. The van der Waals surface area contributed by atoms with Gasteiger partial charge in [0.25, 0.3) is 5.91 Å². The number of anilines is 1. The first kappa shape index (κ1) is 22.0. The monoisotopic (exact) mass is 450 g/mol. The minimum Gasteiger partial charge on any atom is -0.493 e. The highest BCUT2D eigenvalue weighted by atomic mass is 35.5. The first-order valence-electron chi connectivity index (χ1n) is 9.00. The maximum absolute atomic E-state index is 12.2. The van der Waals surface area contributed by atoms with Crippen molar-refractivity contribution in [3.63, 3.8) is 0 Å². The Bertz CT molecular complexity index is 1010. The molecule has 2 aromatic carbocycles. The lowest BCUT2D eigenvalue weighted by atomic mass is 10.2. The highest BCUT2D eigenvalue weighted by Gasteiger charge is 2.18. The van der Waals surface area contributed by atoms with Crippen LogP contribution in [0.15, 0.2) is 30.3 Å². The third-order valence-electron chi connectivity index (χ3n) is 4.06. The topological polar surface area (TPSA) is 121 Å². The van der Waals surface area contributed by atoms with Gasteiger partial charge in [-0.3, -0.25) is 10.1 Å². The van der Waals surface area contributed by atoms with E-state index in [0.29, 0.717) is 30.4 Å². The van der Waals surface area contributed by atoms with E-state index >= 15 is 0 Å². The molecule has 0 saturated carbocycles. The molecule has 0 radical (unpaired) electrons. The minimum absolute atomic E-state index is 0.0520. The van der Waals surface area contributed by atoms with Crippen LogP contribution in [0.4, 0.5) is 10.5 Å². The predicted molar refractivity (Wildman–Crippen MR) is 109 cm³/mol. The first-order chi connectivity index (χ1) is 14.9. The summed E-state index contributed by atoms with van der Waals surface area (Å²) in [4.78, 5) is 36.1. The smallest absolute Gasteiger partial charge is 0.338 e. The highest BCUT2D eigenvalue weighted by Crippen LogP contribution is 2.36. The van der Waals surface area contributed by atoms with Gasteiger partial charge in [-0.1, -0.05) is 11.6 Å². The predicted octanol–water partition coefficient (Wildman–Crippen LogP) is 2.63. The second-order valence-corrected chi connectivity index (χ2v) is 6.54. The van der Waals surface area contributed by atoms with Gasteiger partial charge in [0.05, 0.1) is 24.8 Å². The SMILES string of the molecule is COc1cc(C(=O)OCC(=O)NC(=O)Nc2ccc3c(c2)OCCO3)cc(Cl)c1OC. The molecule has 0 fully saturated rings. The van der Waals surface area contributed by atoms with Crippen LogP contribution in [-0.4, -0.2) is 51.9 Å². The molecule has 0 unspecified atom stereocenters. The quantitative estimate of drug-likeness (QED) is 0.644. The molecule has 0 bridgehead atoms. The van der Waals surface area contributed by atoms with Gasteiger partial charge in [-0.2, -0.15) is 0 Å². The Kier molecular flexibility index (Phi) is 7.03. The highest BCUT2D eigenvalue weighted by molar-refractivity contribution is 6.32. The summed E-state index contributed by atoms with van der Waals surface area (Å²) in [5.41, 5.74) is 0.447. The van der Waals surface area contributed by atoms with Crippen LogP contribution in [0.3, 0.4) is 0 Å². The van der Waals surface area contributed by atoms with Crippen LogP contribution in [0, 0.1) is 0 Å². The molecule has 0 aliphatic carbocycles. The number of carbonyl (C=O) groups is 3. The van der Waals surface area contributed by atoms with E-state index in [4.69, 9.17) is 35.3 Å². The van der Waals surface area contributed by atoms with Crippen molar-refractivity contribution in [2.75, 3.05) is 39.4 Å².